The highest BCUT2D eigenvalue weighted by Gasteiger charge is 2.31. The summed E-state index contributed by atoms with van der Waals surface area (Å²) in [4.78, 5) is 29.2. The Kier molecular flexibility index (Phi) is 6.96. The minimum absolute atomic E-state index is 0.0246. The van der Waals surface area contributed by atoms with Crippen LogP contribution < -0.4 is 9.62 Å². The first kappa shape index (κ1) is 24.9. The number of benzene rings is 3. The fraction of sp³-hybridized carbons (Fsp3) is 0.115. The van der Waals surface area contributed by atoms with Crippen LogP contribution in [-0.2, 0) is 26.0 Å². The Morgan fingerprint density at radius 1 is 1.05 bits per heavy atom. The molecule has 0 unspecified atom stereocenters. The van der Waals surface area contributed by atoms with Gasteiger partial charge in [0, 0.05) is 22.5 Å². The van der Waals surface area contributed by atoms with Crippen LogP contribution in [0.5, 0.6) is 0 Å². The second kappa shape index (κ2) is 10.3. The lowest BCUT2D eigenvalue weighted by molar-refractivity contribution is -0.119. The molecule has 0 spiro atoms. The van der Waals surface area contributed by atoms with Crippen molar-refractivity contribution < 1.29 is 22.7 Å². The molecule has 1 aliphatic heterocycles. The van der Waals surface area contributed by atoms with Crippen LogP contribution in [-0.4, -0.2) is 38.4 Å². The summed E-state index contributed by atoms with van der Waals surface area (Å²) in [5.74, 6) is -1.39. The lowest BCUT2D eigenvalue weighted by atomic mass is 10.2. The van der Waals surface area contributed by atoms with Crippen molar-refractivity contribution in [3.05, 3.63) is 94.3 Å². The van der Waals surface area contributed by atoms with Crippen LogP contribution in [0.15, 0.2) is 83.1 Å². The van der Waals surface area contributed by atoms with Crippen molar-refractivity contribution in [2.45, 2.75) is 11.3 Å². The molecule has 8 nitrogen and oxygen atoms in total. The summed E-state index contributed by atoms with van der Waals surface area (Å²) in [5.41, 5.74) is 2.96. The molecule has 1 amide bonds. The predicted octanol–water partition coefficient (Wildman–Crippen LogP) is 5.01. The molecule has 0 radical (unpaired) electrons. The van der Waals surface area contributed by atoms with E-state index in [1.54, 1.807) is 23.6 Å². The third-order valence-corrected chi connectivity index (χ3v) is 8.63. The number of aromatic nitrogens is 1. The molecule has 11 heteroatoms. The fourth-order valence-electron chi connectivity index (χ4n) is 3.96. The molecule has 37 heavy (non-hydrogen) atoms. The Balaban J connectivity index is 1.22. The van der Waals surface area contributed by atoms with E-state index in [4.69, 9.17) is 16.3 Å². The van der Waals surface area contributed by atoms with Crippen molar-refractivity contribution in [3.63, 3.8) is 0 Å². The van der Waals surface area contributed by atoms with E-state index >= 15 is 0 Å². The maximum absolute atomic E-state index is 13.3. The molecule has 1 N–H and O–H groups in total. The number of hydrogen-bond acceptors (Lipinski definition) is 7. The summed E-state index contributed by atoms with van der Waals surface area (Å²) in [7, 11) is -3.87. The number of nitrogens with zero attached hydrogens (tertiary/aromatic N) is 2. The number of hydrogen-bond donors (Lipinski definition) is 1. The van der Waals surface area contributed by atoms with Crippen LogP contribution >= 0.6 is 22.9 Å². The Morgan fingerprint density at radius 3 is 2.68 bits per heavy atom. The fourth-order valence-corrected chi connectivity index (χ4v) is 6.47. The normalized spacial score (nSPS) is 12.7. The molecule has 188 valence electrons. The van der Waals surface area contributed by atoms with Crippen molar-refractivity contribution >= 4 is 55.7 Å². The monoisotopic (exact) mass is 553 g/mol. The number of esters is 1. The van der Waals surface area contributed by atoms with Gasteiger partial charge in [-0.05, 0) is 42.3 Å². The first-order valence-corrected chi connectivity index (χ1v) is 13.9. The van der Waals surface area contributed by atoms with Crippen molar-refractivity contribution in [2.24, 2.45) is 0 Å². The van der Waals surface area contributed by atoms with Gasteiger partial charge in [0.1, 0.15) is 0 Å². The molecule has 0 saturated carbocycles. The van der Waals surface area contributed by atoms with Gasteiger partial charge in [0.05, 0.1) is 21.8 Å². The quantitative estimate of drug-likeness (QED) is 0.322. The van der Waals surface area contributed by atoms with Crippen molar-refractivity contribution in [3.8, 4) is 11.3 Å². The smallest absolute Gasteiger partial charge is 0.338 e. The Bertz CT molecular complexity index is 1600. The topological polar surface area (TPSA) is 106 Å². The zero-order chi connectivity index (χ0) is 26.0. The first-order valence-electron chi connectivity index (χ1n) is 11.2. The largest absolute Gasteiger partial charge is 0.452 e. The van der Waals surface area contributed by atoms with E-state index in [2.05, 4.69) is 10.3 Å². The minimum Gasteiger partial charge on any atom is -0.452 e. The van der Waals surface area contributed by atoms with E-state index in [0.29, 0.717) is 34.5 Å². The van der Waals surface area contributed by atoms with Gasteiger partial charge in [-0.3, -0.25) is 14.4 Å². The van der Waals surface area contributed by atoms with Gasteiger partial charge in [-0.2, -0.15) is 0 Å². The van der Waals surface area contributed by atoms with Gasteiger partial charge >= 0.3 is 5.97 Å². The highest BCUT2D eigenvalue weighted by molar-refractivity contribution is 7.92. The average molecular weight is 554 g/mol. The van der Waals surface area contributed by atoms with Gasteiger partial charge in [0.25, 0.3) is 15.9 Å². The molecule has 3 aromatic carbocycles. The number of anilines is 2. The van der Waals surface area contributed by atoms with E-state index in [1.807, 2.05) is 30.3 Å². The zero-order valence-corrected chi connectivity index (χ0v) is 21.6. The highest BCUT2D eigenvalue weighted by Crippen LogP contribution is 2.33. The Hall–Kier alpha value is -3.73. The van der Waals surface area contributed by atoms with Crippen LogP contribution in [0, 0.1) is 0 Å². The molecule has 1 aromatic heterocycles. The molecule has 0 atom stereocenters. The van der Waals surface area contributed by atoms with Gasteiger partial charge in [-0.1, -0.05) is 54.1 Å². The van der Waals surface area contributed by atoms with Gasteiger partial charge in [-0.25, -0.2) is 18.2 Å². The Morgan fingerprint density at radius 2 is 1.84 bits per heavy atom. The number of sulfonamides is 1. The number of thiazole rings is 1. The SMILES string of the molecule is O=C(COC(=O)c1cccc(S(=O)(=O)N2CCc3ccccc32)c1)Nc1nc(-c2ccccc2Cl)cs1. The molecule has 5 rings (SSSR count). The number of ether oxygens (including phenoxy) is 1. The number of halogens is 1. The standard InChI is InChI=1S/C26H20ClN3O5S2/c27-21-10-3-2-9-20(21)22-16-36-26(28-22)29-24(31)15-35-25(32)18-7-5-8-19(14-18)37(33,34)30-13-12-17-6-1-4-11-23(17)30/h1-11,14,16H,12-13,15H2,(H,28,29,31). The van der Waals surface area contributed by atoms with E-state index in [0.717, 1.165) is 11.1 Å². The molecule has 1 aliphatic rings. The second-order valence-electron chi connectivity index (χ2n) is 8.13. The van der Waals surface area contributed by atoms with E-state index in [9.17, 15) is 18.0 Å². The van der Waals surface area contributed by atoms with Crippen molar-refractivity contribution in [1.29, 1.82) is 0 Å². The van der Waals surface area contributed by atoms with Crippen molar-refractivity contribution in [1.82, 2.24) is 4.98 Å². The van der Waals surface area contributed by atoms with Gasteiger partial charge < -0.3 is 4.74 Å². The van der Waals surface area contributed by atoms with Crippen molar-refractivity contribution in [2.75, 3.05) is 22.8 Å². The van der Waals surface area contributed by atoms with Crippen LogP contribution in [0.2, 0.25) is 5.02 Å². The van der Waals surface area contributed by atoms with Crippen LogP contribution in [0.25, 0.3) is 11.3 Å². The summed E-state index contributed by atoms with van der Waals surface area (Å²) in [5, 5.41) is 5.21. The number of fused-ring (bicyclic) bond motifs is 1. The zero-order valence-electron chi connectivity index (χ0n) is 19.3. The van der Waals surface area contributed by atoms with Gasteiger partial charge in [-0.15, -0.1) is 11.3 Å². The highest BCUT2D eigenvalue weighted by atomic mass is 35.5. The lowest BCUT2D eigenvalue weighted by Gasteiger charge is -2.19. The first-order chi connectivity index (χ1) is 17.8. The summed E-state index contributed by atoms with van der Waals surface area (Å²) >= 11 is 7.40. The maximum atomic E-state index is 13.3. The van der Waals surface area contributed by atoms with Crippen LogP contribution in [0.1, 0.15) is 15.9 Å². The lowest BCUT2D eigenvalue weighted by Crippen LogP contribution is -2.29. The summed E-state index contributed by atoms with van der Waals surface area (Å²) in [6.45, 7) is -0.234. The number of rotatable bonds is 7. The molecular weight excluding hydrogens is 534 g/mol. The maximum Gasteiger partial charge on any atom is 0.338 e. The third-order valence-electron chi connectivity index (χ3n) is 5.74. The van der Waals surface area contributed by atoms with Gasteiger partial charge in [0.15, 0.2) is 11.7 Å². The molecule has 0 aliphatic carbocycles. The predicted molar refractivity (Wildman–Crippen MR) is 143 cm³/mol. The molecular formula is C26H20ClN3O5S2. The number of carbonyl (C=O) groups excluding carboxylic acids is 2. The van der Waals surface area contributed by atoms with Crippen LogP contribution in [0.3, 0.4) is 0 Å². The Labute approximate surface area is 222 Å². The summed E-state index contributed by atoms with van der Waals surface area (Å²) < 4.78 is 33.0. The number of nitrogens with one attached hydrogen (secondary N) is 1. The molecule has 2 heterocycles. The van der Waals surface area contributed by atoms with Gasteiger partial charge in [0.2, 0.25) is 0 Å². The number of amides is 1. The number of carbonyl (C=O) groups is 2. The minimum atomic E-state index is -3.87. The third kappa shape index (κ3) is 5.22. The summed E-state index contributed by atoms with van der Waals surface area (Å²) in [6.07, 6.45) is 0.616. The summed E-state index contributed by atoms with van der Waals surface area (Å²) in [6, 6.07) is 20.1. The second-order valence-corrected chi connectivity index (χ2v) is 11.3. The molecule has 4 aromatic rings. The molecule has 0 bridgehead atoms. The van der Waals surface area contributed by atoms with E-state index in [1.165, 1.54) is 39.9 Å². The average Bonchev–Trinajstić information content (AvgIpc) is 3.55. The number of para-hydroxylation sites is 1. The van der Waals surface area contributed by atoms with E-state index < -0.39 is 28.5 Å². The molecule has 0 fully saturated rings. The molecule has 0 saturated heterocycles. The van der Waals surface area contributed by atoms with E-state index in [-0.39, 0.29) is 10.5 Å². The van der Waals surface area contributed by atoms with Crippen LogP contribution in [0.4, 0.5) is 10.8 Å².